The minimum Gasteiger partial charge on any atom is -0.360 e. The van der Waals surface area contributed by atoms with E-state index in [0.29, 0.717) is 27.4 Å². The van der Waals surface area contributed by atoms with Crippen molar-refractivity contribution in [3.63, 3.8) is 0 Å². The highest BCUT2D eigenvalue weighted by atomic mass is 35.5. The third-order valence-corrected chi connectivity index (χ3v) is 4.40. The summed E-state index contributed by atoms with van der Waals surface area (Å²) in [6.07, 6.45) is 3.22. The van der Waals surface area contributed by atoms with Gasteiger partial charge in [0.05, 0.1) is 6.04 Å². The fourth-order valence-electron chi connectivity index (χ4n) is 2.85. The number of carbonyl (C=O) groups is 1. The van der Waals surface area contributed by atoms with Crippen LogP contribution in [0.15, 0.2) is 53.6 Å². The fraction of sp³-hybridized carbons (Fsp3) is 0.111. The van der Waals surface area contributed by atoms with Crippen molar-refractivity contribution in [1.29, 1.82) is 0 Å². The van der Waals surface area contributed by atoms with Crippen LogP contribution in [0.5, 0.6) is 0 Å². The molecule has 0 saturated heterocycles. The van der Waals surface area contributed by atoms with E-state index in [0.717, 1.165) is 0 Å². The van der Waals surface area contributed by atoms with Gasteiger partial charge < -0.3 is 10.3 Å². The van der Waals surface area contributed by atoms with Crippen LogP contribution in [0.4, 0.5) is 0 Å². The summed E-state index contributed by atoms with van der Waals surface area (Å²) < 4.78 is 1.79. The summed E-state index contributed by atoms with van der Waals surface area (Å²) in [6.45, 7) is 1.79. The Labute approximate surface area is 152 Å². The molecule has 1 atom stereocenters. The number of aromatic amines is 1. The van der Waals surface area contributed by atoms with E-state index in [4.69, 9.17) is 11.6 Å². The van der Waals surface area contributed by atoms with Gasteiger partial charge in [0.2, 0.25) is 5.43 Å². The molecule has 0 saturated carbocycles. The molecule has 4 rings (SSSR count). The van der Waals surface area contributed by atoms with Gasteiger partial charge in [-0.3, -0.25) is 14.0 Å². The van der Waals surface area contributed by atoms with Gasteiger partial charge in [0.15, 0.2) is 11.5 Å². The van der Waals surface area contributed by atoms with E-state index in [1.54, 1.807) is 29.5 Å². The van der Waals surface area contributed by atoms with Crippen molar-refractivity contribution in [2.75, 3.05) is 0 Å². The van der Waals surface area contributed by atoms with Gasteiger partial charge in [-0.1, -0.05) is 17.7 Å². The Hall–Kier alpha value is -3.19. The number of halogens is 1. The van der Waals surface area contributed by atoms with Crippen LogP contribution in [0.25, 0.3) is 16.6 Å². The van der Waals surface area contributed by atoms with Crippen LogP contribution in [0.2, 0.25) is 5.02 Å². The van der Waals surface area contributed by atoms with Crippen LogP contribution in [0.1, 0.15) is 29.1 Å². The van der Waals surface area contributed by atoms with E-state index in [1.807, 2.05) is 24.4 Å². The molecule has 0 unspecified atom stereocenters. The number of hydrogen-bond donors (Lipinski definition) is 2. The molecule has 3 aromatic heterocycles. The van der Waals surface area contributed by atoms with Crippen LogP contribution in [0.3, 0.4) is 0 Å². The highest BCUT2D eigenvalue weighted by Gasteiger charge is 2.19. The molecule has 0 bridgehead atoms. The molecule has 0 fully saturated rings. The van der Waals surface area contributed by atoms with Gasteiger partial charge in [0.25, 0.3) is 5.91 Å². The lowest BCUT2D eigenvalue weighted by atomic mass is 10.1. The molecule has 7 nitrogen and oxygen atoms in total. The number of fused-ring (bicyclic) bond motifs is 2. The van der Waals surface area contributed by atoms with Gasteiger partial charge in [-0.2, -0.15) is 0 Å². The molecule has 2 N–H and O–H groups in total. The van der Waals surface area contributed by atoms with Crippen LogP contribution >= 0.6 is 11.6 Å². The minimum absolute atomic E-state index is 0.0143. The second kappa shape index (κ2) is 6.27. The molecular weight excluding hydrogens is 354 g/mol. The maximum absolute atomic E-state index is 12.6. The van der Waals surface area contributed by atoms with Crippen LogP contribution in [0, 0.1) is 0 Å². The maximum atomic E-state index is 12.6. The van der Waals surface area contributed by atoms with E-state index < -0.39 is 11.9 Å². The normalized spacial score (nSPS) is 12.4. The van der Waals surface area contributed by atoms with Crippen molar-refractivity contribution in [3.05, 3.63) is 75.4 Å². The number of nitrogens with one attached hydrogen (secondary N) is 2. The molecule has 0 radical (unpaired) electrons. The standard InChI is InChI=1S/C18H14ClN5O2/c1-10(17-23-22-15-4-2-3-7-24(15)17)21-18(26)13-9-20-14-6-5-11(19)8-12(14)16(13)25/h2-10H,1H3,(H,20,25)(H,21,26)/t10-/m0/s1. The Morgan fingerprint density at radius 3 is 2.96 bits per heavy atom. The van der Waals surface area contributed by atoms with E-state index in [-0.39, 0.29) is 11.0 Å². The lowest BCUT2D eigenvalue weighted by Gasteiger charge is -2.12. The molecule has 1 amide bonds. The number of nitrogens with zero attached hydrogens (tertiary/aromatic N) is 3. The van der Waals surface area contributed by atoms with Gasteiger partial charge in [0, 0.05) is 28.3 Å². The van der Waals surface area contributed by atoms with Crippen molar-refractivity contribution < 1.29 is 4.79 Å². The third-order valence-electron chi connectivity index (χ3n) is 4.16. The summed E-state index contributed by atoms with van der Waals surface area (Å²) in [5, 5.41) is 11.8. The number of amides is 1. The zero-order chi connectivity index (χ0) is 18.3. The Balaban J connectivity index is 1.67. The first kappa shape index (κ1) is 16.3. The van der Waals surface area contributed by atoms with E-state index in [2.05, 4.69) is 20.5 Å². The van der Waals surface area contributed by atoms with Gasteiger partial charge in [-0.05, 0) is 37.3 Å². The Morgan fingerprint density at radius 1 is 1.27 bits per heavy atom. The molecule has 26 heavy (non-hydrogen) atoms. The molecule has 8 heteroatoms. The van der Waals surface area contributed by atoms with Gasteiger partial charge >= 0.3 is 0 Å². The molecule has 0 aliphatic rings. The Bertz CT molecular complexity index is 1200. The molecule has 0 aliphatic carbocycles. The van der Waals surface area contributed by atoms with E-state index >= 15 is 0 Å². The number of benzene rings is 1. The average molecular weight is 368 g/mol. The molecule has 1 aromatic carbocycles. The number of hydrogen-bond acceptors (Lipinski definition) is 4. The summed E-state index contributed by atoms with van der Waals surface area (Å²) in [6, 6.07) is 10.0. The van der Waals surface area contributed by atoms with Gasteiger partial charge in [-0.25, -0.2) is 0 Å². The number of pyridine rings is 2. The molecule has 4 aromatic rings. The molecule has 0 aliphatic heterocycles. The second-order valence-corrected chi connectivity index (χ2v) is 6.34. The molecule has 130 valence electrons. The third kappa shape index (κ3) is 2.72. The highest BCUT2D eigenvalue weighted by Crippen LogP contribution is 2.16. The van der Waals surface area contributed by atoms with Crippen molar-refractivity contribution >= 4 is 34.1 Å². The van der Waals surface area contributed by atoms with E-state index in [9.17, 15) is 9.59 Å². The van der Waals surface area contributed by atoms with Crippen molar-refractivity contribution in [3.8, 4) is 0 Å². The predicted molar refractivity (Wildman–Crippen MR) is 98.4 cm³/mol. The average Bonchev–Trinajstić information content (AvgIpc) is 3.06. The SMILES string of the molecule is C[C@H](NC(=O)c1c[nH]c2ccc(Cl)cc2c1=O)c1nnc2ccccn12. The van der Waals surface area contributed by atoms with Gasteiger partial charge in [0.1, 0.15) is 5.56 Å². The summed E-state index contributed by atoms with van der Waals surface area (Å²) in [5.41, 5.74) is 0.937. The zero-order valence-electron chi connectivity index (χ0n) is 13.7. The van der Waals surface area contributed by atoms with Crippen LogP contribution in [-0.2, 0) is 0 Å². The first-order valence-corrected chi connectivity index (χ1v) is 8.34. The zero-order valence-corrected chi connectivity index (χ0v) is 14.5. The largest absolute Gasteiger partial charge is 0.360 e. The van der Waals surface area contributed by atoms with Crippen molar-refractivity contribution in [1.82, 2.24) is 24.9 Å². The van der Waals surface area contributed by atoms with Crippen molar-refractivity contribution in [2.45, 2.75) is 13.0 Å². The number of rotatable bonds is 3. The number of carbonyl (C=O) groups excluding carboxylic acids is 1. The lowest BCUT2D eigenvalue weighted by Crippen LogP contribution is -2.32. The number of H-pyrrole nitrogens is 1. The molecular formula is C18H14ClN5O2. The summed E-state index contributed by atoms with van der Waals surface area (Å²) in [7, 11) is 0. The lowest BCUT2D eigenvalue weighted by molar-refractivity contribution is 0.0937. The van der Waals surface area contributed by atoms with Crippen LogP contribution < -0.4 is 10.7 Å². The highest BCUT2D eigenvalue weighted by molar-refractivity contribution is 6.31. The van der Waals surface area contributed by atoms with Gasteiger partial charge in [-0.15, -0.1) is 10.2 Å². The van der Waals surface area contributed by atoms with Crippen LogP contribution in [-0.4, -0.2) is 25.5 Å². The summed E-state index contributed by atoms with van der Waals surface area (Å²) in [4.78, 5) is 28.2. The predicted octanol–water partition coefficient (Wildman–Crippen LogP) is 2.72. The monoisotopic (exact) mass is 367 g/mol. The minimum atomic E-state index is -0.492. The maximum Gasteiger partial charge on any atom is 0.257 e. The topological polar surface area (TPSA) is 92.1 Å². The Kier molecular flexibility index (Phi) is 3.93. The smallest absolute Gasteiger partial charge is 0.257 e. The fourth-order valence-corrected chi connectivity index (χ4v) is 3.03. The summed E-state index contributed by atoms with van der Waals surface area (Å²) >= 11 is 5.96. The second-order valence-electron chi connectivity index (χ2n) is 5.90. The Morgan fingerprint density at radius 2 is 2.12 bits per heavy atom. The van der Waals surface area contributed by atoms with Crippen molar-refractivity contribution in [2.24, 2.45) is 0 Å². The first-order chi connectivity index (χ1) is 12.5. The quantitative estimate of drug-likeness (QED) is 0.582. The first-order valence-electron chi connectivity index (χ1n) is 7.96. The molecule has 3 heterocycles. The number of aromatic nitrogens is 4. The molecule has 0 spiro atoms. The van der Waals surface area contributed by atoms with E-state index in [1.165, 1.54) is 6.20 Å². The summed E-state index contributed by atoms with van der Waals surface area (Å²) in [5.74, 6) is 0.0857.